The van der Waals surface area contributed by atoms with Gasteiger partial charge in [-0.15, -0.1) is 24.8 Å². The third kappa shape index (κ3) is 3.47. The zero-order valence-electron chi connectivity index (χ0n) is 7.46. The van der Waals surface area contributed by atoms with Crippen LogP contribution in [0.2, 0.25) is 0 Å². The molecule has 70 valence electrons. The van der Waals surface area contributed by atoms with E-state index < -0.39 is 0 Å². The highest BCUT2D eigenvalue weighted by Crippen LogP contribution is 2.29. The number of halogens is 1. The molecule has 1 rings (SSSR count). The van der Waals surface area contributed by atoms with E-state index >= 15 is 0 Å². The van der Waals surface area contributed by atoms with E-state index in [-0.39, 0.29) is 12.4 Å². The smallest absolute Gasteiger partial charge is 0.0325 e. The largest absolute Gasteiger partial charge is 0.329 e. The van der Waals surface area contributed by atoms with Crippen LogP contribution in [0.25, 0.3) is 0 Å². The van der Waals surface area contributed by atoms with E-state index in [1.807, 2.05) is 0 Å². The topological polar surface area (TPSA) is 26.0 Å². The molecule has 1 nitrogen and oxygen atoms in total. The molecule has 1 aliphatic rings. The Kier molecular flexibility index (Phi) is 6.24. The Hall–Kier alpha value is -0.190. The first-order valence-corrected chi connectivity index (χ1v) is 4.53. The molecule has 12 heavy (non-hydrogen) atoms. The number of hydrogen-bond acceptors (Lipinski definition) is 1. The van der Waals surface area contributed by atoms with Crippen molar-refractivity contribution >= 4 is 12.4 Å². The lowest BCUT2D eigenvalue weighted by Crippen LogP contribution is -2.15. The van der Waals surface area contributed by atoms with E-state index in [0.29, 0.717) is 12.5 Å². The Balaban J connectivity index is 0.00000121. The Morgan fingerprint density at radius 3 is 2.42 bits per heavy atom. The summed E-state index contributed by atoms with van der Waals surface area (Å²) in [4.78, 5) is 0. The third-order valence-electron chi connectivity index (χ3n) is 2.61. The molecular formula is C10H18ClN. The van der Waals surface area contributed by atoms with Crippen LogP contribution in [0.1, 0.15) is 32.1 Å². The van der Waals surface area contributed by atoms with Crippen molar-refractivity contribution in [3.8, 4) is 12.3 Å². The minimum Gasteiger partial charge on any atom is -0.329 e. The Morgan fingerprint density at radius 2 is 2.00 bits per heavy atom. The second-order valence-corrected chi connectivity index (χ2v) is 3.49. The fourth-order valence-corrected chi connectivity index (χ4v) is 1.88. The van der Waals surface area contributed by atoms with Gasteiger partial charge in [0.2, 0.25) is 0 Å². The van der Waals surface area contributed by atoms with Crippen LogP contribution in [-0.4, -0.2) is 6.54 Å². The van der Waals surface area contributed by atoms with Crippen LogP contribution in [-0.2, 0) is 0 Å². The normalized spacial score (nSPS) is 19.7. The fraction of sp³-hybridized carbons (Fsp3) is 0.800. The van der Waals surface area contributed by atoms with Crippen LogP contribution >= 0.6 is 12.4 Å². The molecule has 1 atom stereocenters. The zero-order valence-corrected chi connectivity index (χ0v) is 8.28. The quantitative estimate of drug-likeness (QED) is 0.674. The molecule has 1 aliphatic carbocycles. The van der Waals surface area contributed by atoms with Gasteiger partial charge in [0.05, 0.1) is 0 Å². The Morgan fingerprint density at radius 1 is 1.42 bits per heavy atom. The van der Waals surface area contributed by atoms with Gasteiger partial charge in [0.25, 0.3) is 0 Å². The summed E-state index contributed by atoms with van der Waals surface area (Å²) in [6.07, 6.45) is 12.0. The molecule has 0 heterocycles. The molecule has 0 aromatic rings. The first kappa shape index (κ1) is 11.8. The highest BCUT2D eigenvalue weighted by molar-refractivity contribution is 5.85. The number of nitrogens with two attached hydrogens (primary N) is 1. The first-order valence-electron chi connectivity index (χ1n) is 4.53. The molecule has 2 N–H and O–H groups in total. The predicted molar refractivity (Wildman–Crippen MR) is 55.2 cm³/mol. The van der Waals surface area contributed by atoms with Crippen LogP contribution < -0.4 is 5.73 Å². The van der Waals surface area contributed by atoms with Gasteiger partial charge in [-0.05, 0) is 12.3 Å². The van der Waals surface area contributed by atoms with Crippen LogP contribution in [0.5, 0.6) is 0 Å². The fourth-order valence-electron chi connectivity index (χ4n) is 1.88. The van der Waals surface area contributed by atoms with E-state index in [1.165, 1.54) is 25.7 Å². The molecule has 0 saturated heterocycles. The maximum absolute atomic E-state index is 5.52. The molecule has 0 bridgehead atoms. The monoisotopic (exact) mass is 187 g/mol. The lowest BCUT2D eigenvalue weighted by Gasteiger charge is -2.12. The second kappa shape index (κ2) is 6.34. The molecule has 2 heteroatoms. The van der Waals surface area contributed by atoms with Crippen molar-refractivity contribution in [1.82, 2.24) is 0 Å². The maximum Gasteiger partial charge on any atom is 0.0325 e. The number of hydrogen-bond donors (Lipinski definition) is 1. The van der Waals surface area contributed by atoms with Gasteiger partial charge in [-0.3, -0.25) is 0 Å². The summed E-state index contributed by atoms with van der Waals surface area (Å²) >= 11 is 0. The van der Waals surface area contributed by atoms with Crippen LogP contribution in [0.3, 0.4) is 0 Å². The van der Waals surface area contributed by atoms with Crippen molar-refractivity contribution in [3.05, 3.63) is 0 Å². The van der Waals surface area contributed by atoms with Gasteiger partial charge in [0.15, 0.2) is 0 Å². The summed E-state index contributed by atoms with van der Waals surface area (Å²) in [5.74, 6) is 3.96. The average Bonchev–Trinajstić information content (AvgIpc) is 2.52. The predicted octanol–water partition coefficient (Wildman–Crippen LogP) is 2.20. The molecule has 0 spiro atoms. The van der Waals surface area contributed by atoms with Gasteiger partial charge in [0.1, 0.15) is 0 Å². The van der Waals surface area contributed by atoms with Gasteiger partial charge < -0.3 is 5.73 Å². The highest BCUT2D eigenvalue weighted by atomic mass is 35.5. The minimum absolute atomic E-state index is 0. The molecule has 0 aromatic heterocycles. The number of rotatable bonds is 3. The average molecular weight is 188 g/mol. The van der Waals surface area contributed by atoms with Crippen molar-refractivity contribution in [2.75, 3.05) is 6.54 Å². The summed E-state index contributed by atoms with van der Waals surface area (Å²) in [6, 6.07) is 0. The first-order chi connectivity index (χ1) is 5.36. The zero-order chi connectivity index (χ0) is 8.10. The van der Waals surface area contributed by atoms with Gasteiger partial charge in [0, 0.05) is 12.5 Å². The lowest BCUT2D eigenvalue weighted by atomic mass is 9.94. The number of terminal acetylenes is 1. The lowest BCUT2D eigenvalue weighted by molar-refractivity contribution is 0.438. The molecular weight excluding hydrogens is 170 g/mol. The van der Waals surface area contributed by atoms with E-state index in [0.717, 1.165) is 12.3 Å². The van der Waals surface area contributed by atoms with E-state index in [1.54, 1.807) is 0 Å². The van der Waals surface area contributed by atoms with Gasteiger partial charge in [-0.2, -0.15) is 0 Å². The van der Waals surface area contributed by atoms with Crippen LogP contribution in [0.4, 0.5) is 0 Å². The summed E-state index contributed by atoms with van der Waals surface area (Å²) in [5.41, 5.74) is 5.52. The summed E-state index contributed by atoms with van der Waals surface area (Å²) < 4.78 is 0. The molecule has 0 aromatic carbocycles. The van der Waals surface area contributed by atoms with E-state index in [2.05, 4.69) is 5.92 Å². The van der Waals surface area contributed by atoms with Crippen LogP contribution in [0, 0.1) is 24.2 Å². The maximum atomic E-state index is 5.52. The third-order valence-corrected chi connectivity index (χ3v) is 2.61. The van der Waals surface area contributed by atoms with Crippen molar-refractivity contribution in [3.63, 3.8) is 0 Å². The summed E-state index contributed by atoms with van der Waals surface area (Å²) in [6.45, 7) is 0.660. The second-order valence-electron chi connectivity index (χ2n) is 3.49. The SMILES string of the molecule is C#CC(CN)CC1CCCC1.Cl. The molecule has 1 unspecified atom stereocenters. The molecule has 0 aliphatic heterocycles. The van der Waals surface area contributed by atoms with E-state index in [4.69, 9.17) is 12.2 Å². The van der Waals surface area contributed by atoms with Crippen molar-refractivity contribution in [1.29, 1.82) is 0 Å². The highest BCUT2D eigenvalue weighted by Gasteiger charge is 2.17. The van der Waals surface area contributed by atoms with Crippen molar-refractivity contribution in [2.45, 2.75) is 32.1 Å². The van der Waals surface area contributed by atoms with Gasteiger partial charge >= 0.3 is 0 Å². The Labute approximate surface area is 81.5 Å². The summed E-state index contributed by atoms with van der Waals surface area (Å²) in [7, 11) is 0. The molecule has 1 saturated carbocycles. The Bertz CT molecular complexity index is 144. The standard InChI is InChI=1S/C10H17N.ClH/c1-2-9(8-11)7-10-5-3-4-6-10;/h1,9-10H,3-8,11H2;1H. The van der Waals surface area contributed by atoms with Crippen molar-refractivity contribution < 1.29 is 0 Å². The van der Waals surface area contributed by atoms with E-state index in [9.17, 15) is 0 Å². The van der Waals surface area contributed by atoms with Crippen LogP contribution in [0.15, 0.2) is 0 Å². The summed E-state index contributed by atoms with van der Waals surface area (Å²) in [5, 5.41) is 0. The van der Waals surface area contributed by atoms with Crippen molar-refractivity contribution in [2.24, 2.45) is 17.6 Å². The van der Waals surface area contributed by atoms with Gasteiger partial charge in [-0.1, -0.05) is 25.7 Å². The molecule has 0 radical (unpaired) electrons. The molecule has 1 fully saturated rings. The molecule has 0 amide bonds. The van der Waals surface area contributed by atoms with Gasteiger partial charge in [-0.25, -0.2) is 0 Å². The minimum atomic E-state index is 0.